The molecule has 0 spiro atoms. The van der Waals surface area contributed by atoms with Crippen molar-refractivity contribution < 1.29 is 9.59 Å². The van der Waals surface area contributed by atoms with Crippen molar-refractivity contribution in [1.82, 2.24) is 20.2 Å². The molecular formula is C28H33N7O2. The highest BCUT2D eigenvalue weighted by molar-refractivity contribution is 5.91. The number of hydrogen-bond acceptors (Lipinski definition) is 6. The number of anilines is 5. The number of aromatic nitrogens is 2. The molecule has 4 N–H and O–H groups in total. The minimum atomic E-state index is -0.258. The summed E-state index contributed by atoms with van der Waals surface area (Å²) in [6.07, 6.45) is 4.10. The predicted octanol–water partition coefficient (Wildman–Crippen LogP) is 4.75. The van der Waals surface area contributed by atoms with Gasteiger partial charge in [0.05, 0.1) is 0 Å². The van der Waals surface area contributed by atoms with Crippen molar-refractivity contribution in [1.29, 1.82) is 0 Å². The maximum atomic E-state index is 12.9. The number of hydrogen-bond donors (Lipinski definition) is 4. The molecule has 1 atom stereocenters. The minimum Gasteiger partial charge on any atom is -0.340 e. The van der Waals surface area contributed by atoms with Gasteiger partial charge >= 0.3 is 6.03 Å². The summed E-state index contributed by atoms with van der Waals surface area (Å²) >= 11 is 0. The van der Waals surface area contributed by atoms with Gasteiger partial charge in [-0.05, 0) is 67.6 Å². The largest absolute Gasteiger partial charge is 0.340 e. The van der Waals surface area contributed by atoms with Gasteiger partial charge in [0.15, 0.2) is 0 Å². The standard InChI is InChI=1S/C28H33N7O2/c1-17(2)26(36)35-12-11-23(16-35)32-28(37)33-24-10-9-22-14-20(24)8-7-19-5-4-6-21(13-19)31-27-29-15-18(3)25(30-22)34-27/h4-6,9-10,13-15,17,23H,7-8,11-12,16H2,1-3H3,(H2,32,33,37)(H2,29,30,31,34)/t23-/m0/s1. The Morgan fingerprint density at radius 3 is 2.76 bits per heavy atom. The van der Waals surface area contributed by atoms with Crippen molar-refractivity contribution in [3.63, 3.8) is 0 Å². The van der Waals surface area contributed by atoms with E-state index in [0.29, 0.717) is 19.0 Å². The Balaban J connectivity index is 1.35. The van der Waals surface area contributed by atoms with E-state index in [-0.39, 0.29) is 23.9 Å². The van der Waals surface area contributed by atoms with E-state index in [1.165, 1.54) is 5.56 Å². The van der Waals surface area contributed by atoms with Gasteiger partial charge < -0.3 is 26.2 Å². The summed E-state index contributed by atoms with van der Waals surface area (Å²) in [5.74, 6) is 1.34. The normalized spacial score (nSPS) is 16.5. The summed E-state index contributed by atoms with van der Waals surface area (Å²) in [4.78, 5) is 36.1. The molecule has 192 valence electrons. The van der Waals surface area contributed by atoms with Crippen LogP contribution < -0.4 is 21.3 Å². The number of benzene rings is 2. The average Bonchev–Trinajstić information content (AvgIpc) is 3.33. The van der Waals surface area contributed by atoms with E-state index in [2.05, 4.69) is 49.4 Å². The molecule has 9 nitrogen and oxygen atoms in total. The van der Waals surface area contributed by atoms with Crippen LogP contribution in [0.25, 0.3) is 0 Å². The van der Waals surface area contributed by atoms with Crippen LogP contribution >= 0.6 is 0 Å². The Bertz CT molecular complexity index is 1320. The summed E-state index contributed by atoms with van der Waals surface area (Å²) in [5, 5.41) is 12.8. The van der Waals surface area contributed by atoms with Gasteiger partial charge in [0.2, 0.25) is 11.9 Å². The second-order valence-corrected chi connectivity index (χ2v) is 10.1. The van der Waals surface area contributed by atoms with Gasteiger partial charge in [-0.25, -0.2) is 9.78 Å². The fourth-order valence-electron chi connectivity index (χ4n) is 4.77. The summed E-state index contributed by atoms with van der Waals surface area (Å²) < 4.78 is 0. The molecule has 0 saturated carbocycles. The molecule has 0 unspecified atom stereocenters. The first-order valence-electron chi connectivity index (χ1n) is 12.8. The lowest BCUT2D eigenvalue weighted by molar-refractivity contribution is -0.133. The van der Waals surface area contributed by atoms with Gasteiger partial charge in [-0.3, -0.25) is 4.79 Å². The van der Waals surface area contributed by atoms with E-state index < -0.39 is 0 Å². The number of aryl methyl sites for hydroxylation is 3. The highest BCUT2D eigenvalue weighted by atomic mass is 16.2. The van der Waals surface area contributed by atoms with Crippen LogP contribution in [0, 0.1) is 12.8 Å². The van der Waals surface area contributed by atoms with Gasteiger partial charge in [0, 0.05) is 53.9 Å². The Hall–Kier alpha value is -4.14. The van der Waals surface area contributed by atoms with Crippen molar-refractivity contribution in [2.24, 2.45) is 5.92 Å². The molecule has 2 aliphatic rings. The van der Waals surface area contributed by atoms with E-state index in [1.807, 2.05) is 49.9 Å². The number of urea groups is 1. The van der Waals surface area contributed by atoms with E-state index in [9.17, 15) is 9.59 Å². The first-order chi connectivity index (χ1) is 17.8. The van der Waals surface area contributed by atoms with Gasteiger partial charge in [-0.15, -0.1) is 0 Å². The van der Waals surface area contributed by atoms with Crippen LogP contribution in [0.4, 0.5) is 33.6 Å². The highest BCUT2D eigenvalue weighted by Crippen LogP contribution is 2.28. The molecule has 0 aliphatic carbocycles. The Kier molecular flexibility index (Phi) is 6.94. The van der Waals surface area contributed by atoms with Gasteiger partial charge in [0.1, 0.15) is 5.82 Å². The van der Waals surface area contributed by atoms with Crippen LogP contribution in [0.3, 0.4) is 0 Å². The van der Waals surface area contributed by atoms with Crippen molar-refractivity contribution in [2.75, 3.05) is 29.0 Å². The average molecular weight is 500 g/mol. The number of carbonyl (C=O) groups excluding carboxylic acids is 2. The van der Waals surface area contributed by atoms with Crippen molar-refractivity contribution in [2.45, 2.75) is 46.1 Å². The fourth-order valence-corrected chi connectivity index (χ4v) is 4.77. The fraction of sp³-hybridized carbons (Fsp3) is 0.357. The van der Waals surface area contributed by atoms with Crippen LogP contribution in [-0.2, 0) is 17.6 Å². The zero-order valence-electron chi connectivity index (χ0n) is 21.5. The molecule has 3 aromatic rings. The SMILES string of the molecule is Cc1cnc2nc1Nc1ccc(NC(=O)N[C@H]3CCN(C(=O)C(C)C)C3)c(c1)CCc1cccc(c1)N2. The summed E-state index contributed by atoms with van der Waals surface area (Å²) in [6.45, 7) is 6.98. The third kappa shape index (κ3) is 5.82. The third-order valence-corrected chi connectivity index (χ3v) is 6.78. The second-order valence-electron chi connectivity index (χ2n) is 10.1. The molecule has 9 heteroatoms. The predicted molar refractivity (Wildman–Crippen MR) is 146 cm³/mol. The number of carbonyl (C=O) groups is 2. The maximum absolute atomic E-state index is 12.9. The van der Waals surface area contributed by atoms with Crippen LogP contribution in [0.5, 0.6) is 0 Å². The van der Waals surface area contributed by atoms with E-state index in [4.69, 9.17) is 0 Å². The molecule has 2 aromatic carbocycles. The van der Waals surface area contributed by atoms with Crippen LogP contribution in [0.15, 0.2) is 48.7 Å². The second kappa shape index (κ2) is 10.5. The summed E-state index contributed by atoms with van der Waals surface area (Å²) in [5.41, 5.74) is 5.70. The number of amides is 3. The summed E-state index contributed by atoms with van der Waals surface area (Å²) in [6, 6.07) is 13.8. The number of likely N-dealkylation sites (tertiary alicyclic amines) is 1. The lowest BCUT2D eigenvalue weighted by Gasteiger charge is -2.20. The Morgan fingerprint density at radius 2 is 1.92 bits per heavy atom. The van der Waals surface area contributed by atoms with Crippen LogP contribution in [-0.4, -0.2) is 45.9 Å². The molecular weight excluding hydrogens is 466 g/mol. The Labute approximate surface area is 217 Å². The molecule has 3 amide bonds. The molecule has 1 fully saturated rings. The van der Waals surface area contributed by atoms with Gasteiger partial charge in [0.25, 0.3) is 0 Å². The number of nitrogens with one attached hydrogen (secondary N) is 4. The van der Waals surface area contributed by atoms with Crippen molar-refractivity contribution in [3.05, 3.63) is 65.4 Å². The summed E-state index contributed by atoms with van der Waals surface area (Å²) in [7, 11) is 0. The smallest absolute Gasteiger partial charge is 0.319 e. The van der Waals surface area contributed by atoms with E-state index >= 15 is 0 Å². The van der Waals surface area contributed by atoms with Crippen molar-refractivity contribution >= 4 is 40.8 Å². The molecule has 5 rings (SSSR count). The van der Waals surface area contributed by atoms with Gasteiger partial charge in [-0.1, -0.05) is 26.0 Å². The topological polar surface area (TPSA) is 111 Å². The zero-order valence-corrected chi connectivity index (χ0v) is 21.5. The highest BCUT2D eigenvalue weighted by Gasteiger charge is 2.28. The molecule has 2 aliphatic heterocycles. The molecule has 6 bridgehead atoms. The van der Waals surface area contributed by atoms with E-state index in [0.717, 1.165) is 53.3 Å². The first kappa shape index (κ1) is 24.5. The Morgan fingerprint density at radius 1 is 1.08 bits per heavy atom. The number of fused-ring (bicyclic) bond motifs is 6. The van der Waals surface area contributed by atoms with E-state index in [1.54, 1.807) is 6.20 Å². The first-order valence-corrected chi connectivity index (χ1v) is 12.8. The molecule has 0 radical (unpaired) electrons. The monoisotopic (exact) mass is 499 g/mol. The van der Waals surface area contributed by atoms with Crippen molar-refractivity contribution in [3.8, 4) is 0 Å². The lowest BCUT2D eigenvalue weighted by Crippen LogP contribution is -2.41. The maximum Gasteiger partial charge on any atom is 0.319 e. The minimum absolute atomic E-state index is 0.0407. The van der Waals surface area contributed by atoms with Crippen LogP contribution in [0.2, 0.25) is 0 Å². The molecule has 1 saturated heterocycles. The molecule has 1 aromatic heterocycles. The van der Waals surface area contributed by atoms with Gasteiger partial charge in [-0.2, -0.15) is 4.98 Å². The quantitative estimate of drug-likeness (QED) is 0.414. The third-order valence-electron chi connectivity index (χ3n) is 6.78. The lowest BCUT2D eigenvalue weighted by atomic mass is 10.0. The zero-order chi connectivity index (χ0) is 25.9. The molecule has 37 heavy (non-hydrogen) atoms. The number of nitrogens with zero attached hydrogens (tertiary/aromatic N) is 3. The number of rotatable bonds is 3. The molecule has 3 heterocycles. The van der Waals surface area contributed by atoms with Crippen LogP contribution in [0.1, 0.15) is 37.0 Å².